The quantitative estimate of drug-likeness (QED) is 0.717. The van der Waals surface area contributed by atoms with Crippen LogP contribution in [0.2, 0.25) is 5.02 Å². The number of carbonyl (C=O) groups is 1. The van der Waals surface area contributed by atoms with Gasteiger partial charge >= 0.3 is 0 Å². The Bertz CT molecular complexity index is 986. The van der Waals surface area contributed by atoms with Crippen LogP contribution in [0.5, 0.6) is 11.5 Å². The van der Waals surface area contributed by atoms with Crippen molar-refractivity contribution in [3.8, 4) is 11.5 Å². The molecular formula is C16H12ClNO5S. The van der Waals surface area contributed by atoms with Crippen molar-refractivity contribution in [2.24, 2.45) is 0 Å². The van der Waals surface area contributed by atoms with Gasteiger partial charge in [0.2, 0.25) is 0 Å². The zero-order chi connectivity index (χ0) is 17.1. The lowest BCUT2D eigenvalue weighted by Crippen LogP contribution is -2.27. The van der Waals surface area contributed by atoms with E-state index >= 15 is 0 Å². The average molecular weight is 366 g/mol. The maximum atomic E-state index is 13.1. The van der Waals surface area contributed by atoms with Crippen molar-refractivity contribution in [1.82, 2.24) is 0 Å². The van der Waals surface area contributed by atoms with E-state index in [4.69, 9.17) is 21.1 Å². The van der Waals surface area contributed by atoms with Crippen molar-refractivity contribution in [3.63, 3.8) is 0 Å². The molecule has 0 bridgehead atoms. The first kappa shape index (κ1) is 15.3. The van der Waals surface area contributed by atoms with Crippen molar-refractivity contribution in [2.75, 3.05) is 24.6 Å². The molecule has 0 unspecified atom stereocenters. The third-order valence-electron chi connectivity index (χ3n) is 4.08. The lowest BCUT2D eigenvalue weighted by Gasteiger charge is -2.24. The number of carbonyl (C=O) groups excluding carboxylic acids is 1. The number of rotatable bonds is 0. The molecule has 0 N–H and O–H groups in total. The number of fused-ring (bicyclic) bond motifs is 4. The molecule has 2 aliphatic rings. The Hall–Kier alpha value is -2.25. The van der Waals surface area contributed by atoms with Gasteiger partial charge in [0.1, 0.15) is 18.1 Å². The third kappa shape index (κ3) is 2.01. The number of nitrogens with zero attached hydrogens (tertiary/aromatic N) is 1. The van der Waals surface area contributed by atoms with Gasteiger partial charge in [0.05, 0.1) is 11.3 Å². The molecule has 0 radical (unpaired) electrons. The number of hydrogen-bond acceptors (Lipinski definition) is 5. The predicted molar refractivity (Wildman–Crippen MR) is 87.9 cm³/mol. The van der Waals surface area contributed by atoms with Crippen LogP contribution in [-0.2, 0) is 10.0 Å². The summed E-state index contributed by atoms with van der Waals surface area (Å²) >= 11 is 5.94. The van der Waals surface area contributed by atoms with E-state index in [2.05, 4.69) is 0 Å². The second-order valence-electron chi connectivity index (χ2n) is 5.43. The minimum absolute atomic E-state index is 0.0626. The highest BCUT2D eigenvalue weighted by Crippen LogP contribution is 2.44. The Labute approximate surface area is 143 Å². The van der Waals surface area contributed by atoms with Crippen LogP contribution >= 0.6 is 11.6 Å². The summed E-state index contributed by atoms with van der Waals surface area (Å²) in [7, 11) is -2.52. The normalized spacial score (nSPS) is 17.8. The molecule has 124 valence electrons. The minimum Gasteiger partial charge on any atom is -0.486 e. The molecule has 0 aliphatic carbocycles. The standard InChI is InChI=1S/C16H12ClNO5S/c1-18-11-4-5-12-16(23-7-6-22-12)14(11)15(19)10-3-2-9(17)8-13(10)24(18,20)21/h2-5,8H,6-7H2,1H3. The van der Waals surface area contributed by atoms with Crippen LogP contribution < -0.4 is 13.8 Å². The fraction of sp³-hybridized carbons (Fsp3) is 0.188. The number of anilines is 1. The number of ketones is 1. The number of ether oxygens (including phenoxy) is 2. The molecule has 0 saturated heterocycles. The number of halogens is 1. The Balaban J connectivity index is 2.10. The van der Waals surface area contributed by atoms with Crippen molar-refractivity contribution >= 4 is 33.1 Å². The molecule has 2 aromatic carbocycles. The number of hydrogen-bond donors (Lipinski definition) is 0. The zero-order valence-electron chi connectivity index (χ0n) is 12.6. The van der Waals surface area contributed by atoms with Crippen LogP contribution in [0, 0.1) is 0 Å². The molecule has 6 nitrogen and oxygen atoms in total. The number of benzene rings is 2. The van der Waals surface area contributed by atoms with E-state index in [0.717, 1.165) is 4.31 Å². The molecule has 0 atom stereocenters. The van der Waals surface area contributed by atoms with Crippen molar-refractivity contribution in [2.45, 2.75) is 4.90 Å². The lowest BCUT2D eigenvalue weighted by molar-refractivity contribution is 0.102. The van der Waals surface area contributed by atoms with Crippen LogP contribution in [0.3, 0.4) is 0 Å². The van der Waals surface area contributed by atoms with E-state index in [-0.39, 0.29) is 32.5 Å². The first-order valence-corrected chi connectivity index (χ1v) is 8.99. The van der Waals surface area contributed by atoms with Gasteiger partial charge in [-0.3, -0.25) is 9.10 Å². The highest BCUT2D eigenvalue weighted by atomic mass is 35.5. The summed E-state index contributed by atoms with van der Waals surface area (Å²) in [6.45, 7) is 0.668. The largest absolute Gasteiger partial charge is 0.486 e. The molecule has 2 aliphatic heterocycles. The van der Waals surface area contributed by atoms with E-state index in [1.54, 1.807) is 12.1 Å². The van der Waals surface area contributed by atoms with Gasteiger partial charge < -0.3 is 9.47 Å². The molecule has 0 amide bonds. The molecular weight excluding hydrogens is 354 g/mol. The Morgan fingerprint density at radius 3 is 2.67 bits per heavy atom. The molecule has 0 aromatic heterocycles. The van der Waals surface area contributed by atoms with Gasteiger partial charge in [-0.2, -0.15) is 0 Å². The summed E-state index contributed by atoms with van der Waals surface area (Å²) in [6, 6.07) is 7.35. The van der Waals surface area contributed by atoms with E-state index in [0.29, 0.717) is 19.0 Å². The Morgan fingerprint density at radius 2 is 1.88 bits per heavy atom. The monoisotopic (exact) mass is 365 g/mol. The van der Waals surface area contributed by atoms with Gasteiger partial charge in [0, 0.05) is 17.6 Å². The molecule has 4 rings (SSSR count). The second-order valence-corrected chi connectivity index (χ2v) is 7.80. The second kappa shape index (κ2) is 5.12. The van der Waals surface area contributed by atoms with Gasteiger partial charge in [0.15, 0.2) is 17.3 Å². The van der Waals surface area contributed by atoms with Crippen LogP contribution in [-0.4, -0.2) is 34.5 Å². The maximum absolute atomic E-state index is 13.1. The van der Waals surface area contributed by atoms with E-state index in [9.17, 15) is 13.2 Å². The summed E-state index contributed by atoms with van der Waals surface area (Å²) in [4.78, 5) is 13.0. The maximum Gasteiger partial charge on any atom is 0.264 e. The third-order valence-corrected chi connectivity index (χ3v) is 6.13. The highest BCUT2D eigenvalue weighted by Gasteiger charge is 2.37. The molecule has 24 heavy (non-hydrogen) atoms. The fourth-order valence-electron chi connectivity index (χ4n) is 2.90. The molecule has 0 saturated carbocycles. The first-order chi connectivity index (χ1) is 11.4. The molecule has 2 aromatic rings. The summed E-state index contributed by atoms with van der Waals surface area (Å²) in [5, 5.41) is 0.242. The molecule has 0 spiro atoms. The van der Waals surface area contributed by atoms with Crippen molar-refractivity contribution < 1.29 is 22.7 Å². The zero-order valence-corrected chi connectivity index (χ0v) is 14.1. The van der Waals surface area contributed by atoms with Crippen LogP contribution in [0.1, 0.15) is 15.9 Å². The van der Waals surface area contributed by atoms with Gasteiger partial charge in [-0.25, -0.2) is 8.42 Å². The smallest absolute Gasteiger partial charge is 0.264 e. The Kier molecular flexibility index (Phi) is 3.26. The summed E-state index contributed by atoms with van der Waals surface area (Å²) in [5.41, 5.74) is 0.489. The molecule has 0 fully saturated rings. The van der Waals surface area contributed by atoms with Crippen LogP contribution in [0.15, 0.2) is 35.2 Å². The first-order valence-electron chi connectivity index (χ1n) is 7.17. The van der Waals surface area contributed by atoms with Gasteiger partial charge in [-0.15, -0.1) is 0 Å². The SMILES string of the molecule is CN1c2ccc3c(c2C(=O)c2ccc(Cl)cc2S1(=O)=O)OCCO3. The molecule has 8 heteroatoms. The topological polar surface area (TPSA) is 72.9 Å². The summed E-state index contributed by atoms with van der Waals surface area (Å²) in [6.07, 6.45) is 0. The minimum atomic E-state index is -3.92. The Morgan fingerprint density at radius 1 is 1.12 bits per heavy atom. The number of sulfonamides is 1. The van der Waals surface area contributed by atoms with Crippen molar-refractivity contribution in [1.29, 1.82) is 0 Å². The highest BCUT2D eigenvalue weighted by molar-refractivity contribution is 7.93. The van der Waals surface area contributed by atoms with E-state index < -0.39 is 15.8 Å². The van der Waals surface area contributed by atoms with Crippen molar-refractivity contribution in [3.05, 3.63) is 46.5 Å². The summed E-state index contributed by atoms with van der Waals surface area (Å²) in [5.74, 6) is 0.261. The van der Waals surface area contributed by atoms with Gasteiger partial charge in [-0.1, -0.05) is 11.6 Å². The predicted octanol–water partition coefficient (Wildman–Crippen LogP) is 2.48. The van der Waals surface area contributed by atoms with Gasteiger partial charge in [0.25, 0.3) is 10.0 Å². The average Bonchev–Trinajstić information content (AvgIpc) is 2.64. The summed E-state index contributed by atoms with van der Waals surface area (Å²) < 4.78 is 38.0. The van der Waals surface area contributed by atoms with Crippen LogP contribution in [0.4, 0.5) is 5.69 Å². The lowest BCUT2D eigenvalue weighted by atomic mass is 9.99. The molecule has 2 heterocycles. The van der Waals surface area contributed by atoms with Gasteiger partial charge in [-0.05, 0) is 30.3 Å². The van der Waals surface area contributed by atoms with E-state index in [1.807, 2.05) is 0 Å². The fourth-order valence-corrected chi connectivity index (χ4v) is 4.55. The van der Waals surface area contributed by atoms with E-state index in [1.165, 1.54) is 25.2 Å². The van der Waals surface area contributed by atoms with Crippen LogP contribution in [0.25, 0.3) is 0 Å².